The number of rotatable bonds is 6. The lowest BCUT2D eigenvalue weighted by Gasteiger charge is -2.21. The molecule has 0 fully saturated rings. The van der Waals surface area contributed by atoms with E-state index < -0.39 is 0 Å². The Morgan fingerprint density at radius 2 is 1.32 bits per heavy atom. The molecule has 2 aromatic rings. The molecule has 0 aliphatic rings. The van der Waals surface area contributed by atoms with Gasteiger partial charge in [-0.3, -0.25) is 0 Å². The summed E-state index contributed by atoms with van der Waals surface area (Å²) in [6, 6.07) is 19.8. The molecule has 0 aliphatic carbocycles. The number of hydrogen-bond acceptors (Lipinski definition) is 2. The molecule has 19 heavy (non-hydrogen) atoms. The Morgan fingerprint density at radius 3 is 1.89 bits per heavy atom. The van der Waals surface area contributed by atoms with Crippen molar-refractivity contribution in [3.63, 3.8) is 0 Å². The van der Waals surface area contributed by atoms with Crippen molar-refractivity contribution in [1.82, 2.24) is 0 Å². The van der Waals surface area contributed by atoms with Gasteiger partial charge in [0.1, 0.15) is 17.6 Å². The van der Waals surface area contributed by atoms with Crippen molar-refractivity contribution in [1.29, 1.82) is 0 Å². The maximum absolute atomic E-state index is 5.88. The highest BCUT2D eigenvalue weighted by atomic mass is 16.5. The van der Waals surface area contributed by atoms with Crippen molar-refractivity contribution in [2.24, 2.45) is 5.92 Å². The fourth-order valence-electron chi connectivity index (χ4n) is 1.71. The zero-order chi connectivity index (χ0) is 13.5. The first-order valence-electron chi connectivity index (χ1n) is 6.65. The third-order valence-corrected chi connectivity index (χ3v) is 3.12. The standard InChI is InChI=1S/C17H20O2/c1-14(13-18-16-9-5-3-6-10-16)15(2)19-17-11-7-4-8-12-17/h3-12,14-15H,13H2,1-2H3/t14-,15+/m1/s1. The monoisotopic (exact) mass is 256 g/mol. The highest BCUT2D eigenvalue weighted by Crippen LogP contribution is 2.17. The van der Waals surface area contributed by atoms with E-state index in [1.807, 2.05) is 60.7 Å². The average molecular weight is 256 g/mol. The SMILES string of the molecule is C[C@H](COc1ccccc1)[C@H](C)Oc1ccccc1. The molecule has 2 atom stereocenters. The van der Waals surface area contributed by atoms with Crippen LogP contribution in [-0.4, -0.2) is 12.7 Å². The Hall–Kier alpha value is -1.96. The van der Waals surface area contributed by atoms with Crippen LogP contribution in [0.25, 0.3) is 0 Å². The molecule has 0 aliphatic heterocycles. The van der Waals surface area contributed by atoms with Crippen LogP contribution in [0.3, 0.4) is 0 Å². The number of benzene rings is 2. The summed E-state index contributed by atoms with van der Waals surface area (Å²) in [6.07, 6.45) is 0.117. The molecule has 0 aromatic heterocycles. The molecule has 0 heterocycles. The third-order valence-electron chi connectivity index (χ3n) is 3.12. The molecule has 0 bridgehead atoms. The molecule has 0 N–H and O–H groups in total. The number of ether oxygens (including phenoxy) is 2. The zero-order valence-corrected chi connectivity index (χ0v) is 11.5. The van der Waals surface area contributed by atoms with Crippen LogP contribution in [0.2, 0.25) is 0 Å². The van der Waals surface area contributed by atoms with Crippen LogP contribution in [-0.2, 0) is 0 Å². The van der Waals surface area contributed by atoms with Gasteiger partial charge in [0.15, 0.2) is 0 Å². The van der Waals surface area contributed by atoms with Crippen molar-refractivity contribution in [2.75, 3.05) is 6.61 Å². The fraction of sp³-hybridized carbons (Fsp3) is 0.294. The van der Waals surface area contributed by atoms with Gasteiger partial charge in [-0.25, -0.2) is 0 Å². The molecule has 0 radical (unpaired) electrons. The van der Waals surface area contributed by atoms with E-state index in [1.165, 1.54) is 0 Å². The van der Waals surface area contributed by atoms with Crippen molar-refractivity contribution < 1.29 is 9.47 Å². The minimum atomic E-state index is 0.117. The van der Waals surface area contributed by atoms with Gasteiger partial charge in [0.25, 0.3) is 0 Å². The first-order valence-corrected chi connectivity index (χ1v) is 6.65. The van der Waals surface area contributed by atoms with Crippen LogP contribution in [0.4, 0.5) is 0 Å². The van der Waals surface area contributed by atoms with Gasteiger partial charge in [0.2, 0.25) is 0 Å². The van der Waals surface area contributed by atoms with Crippen LogP contribution in [0.5, 0.6) is 11.5 Å². The highest BCUT2D eigenvalue weighted by Gasteiger charge is 2.14. The molecule has 0 amide bonds. The minimum absolute atomic E-state index is 0.117. The van der Waals surface area contributed by atoms with Crippen molar-refractivity contribution in [3.05, 3.63) is 60.7 Å². The second kappa shape index (κ2) is 6.83. The normalized spacial score (nSPS) is 13.6. The smallest absolute Gasteiger partial charge is 0.119 e. The Labute approximate surface area is 115 Å². The van der Waals surface area contributed by atoms with E-state index in [-0.39, 0.29) is 6.10 Å². The van der Waals surface area contributed by atoms with E-state index in [9.17, 15) is 0 Å². The molecular weight excluding hydrogens is 236 g/mol. The van der Waals surface area contributed by atoms with Gasteiger partial charge < -0.3 is 9.47 Å². The lowest BCUT2D eigenvalue weighted by molar-refractivity contribution is 0.119. The topological polar surface area (TPSA) is 18.5 Å². The molecule has 2 nitrogen and oxygen atoms in total. The van der Waals surface area contributed by atoms with Crippen molar-refractivity contribution in [3.8, 4) is 11.5 Å². The van der Waals surface area contributed by atoms with E-state index in [4.69, 9.17) is 9.47 Å². The molecular formula is C17H20O2. The molecule has 2 heteroatoms. The Bertz CT molecular complexity index is 467. The van der Waals surface area contributed by atoms with E-state index >= 15 is 0 Å². The van der Waals surface area contributed by atoms with E-state index in [0.717, 1.165) is 11.5 Å². The van der Waals surface area contributed by atoms with E-state index in [1.54, 1.807) is 0 Å². The Balaban J connectivity index is 1.81. The number of hydrogen-bond donors (Lipinski definition) is 0. The maximum Gasteiger partial charge on any atom is 0.119 e. The predicted octanol–water partition coefficient (Wildman–Crippen LogP) is 4.17. The first-order chi connectivity index (χ1) is 9.25. The molecule has 2 rings (SSSR count). The van der Waals surface area contributed by atoms with Gasteiger partial charge in [-0.05, 0) is 31.2 Å². The molecule has 2 aromatic carbocycles. The Morgan fingerprint density at radius 1 is 0.789 bits per heavy atom. The fourth-order valence-corrected chi connectivity index (χ4v) is 1.71. The van der Waals surface area contributed by atoms with Crippen LogP contribution >= 0.6 is 0 Å². The van der Waals surface area contributed by atoms with Gasteiger partial charge in [-0.1, -0.05) is 43.3 Å². The lowest BCUT2D eigenvalue weighted by atomic mass is 10.1. The second-order valence-electron chi connectivity index (χ2n) is 4.74. The van der Waals surface area contributed by atoms with Crippen molar-refractivity contribution >= 4 is 0 Å². The van der Waals surface area contributed by atoms with E-state index in [0.29, 0.717) is 12.5 Å². The minimum Gasteiger partial charge on any atom is -0.493 e. The van der Waals surface area contributed by atoms with E-state index in [2.05, 4.69) is 13.8 Å². The summed E-state index contributed by atoms with van der Waals surface area (Å²) >= 11 is 0. The lowest BCUT2D eigenvalue weighted by Crippen LogP contribution is -2.26. The van der Waals surface area contributed by atoms with Gasteiger partial charge in [-0.2, -0.15) is 0 Å². The largest absolute Gasteiger partial charge is 0.493 e. The summed E-state index contributed by atoms with van der Waals surface area (Å²) < 4.78 is 11.6. The second-order valence-corrected chi connectivity index (χ2v) is 4.74. The molecule has 0 saturated heterocycles. The summed E-state index contributed by atoms with van der Waals surface area (Å²) in [6.45, 7) is 4.86. The molecule has 0 saturated carbocycles. The van der Waals surface area contributed by atoms with Crippen LogP contribution in [0.1, 0.15) is 13.8 Å². The summed E-state index contributed by atoms with van der Waals surface area (Å²) in [5, 5.41) is 0. The van der Waals surface area contributed by atoms with Crippen LogP contribution in [0.15, 0.2) is 60.7 Å². The van der Waals surface area contributed by atoms with Gasteiger partial charge in [0, 0.05) is 5.92 Å². The zero-order valence-electron chi connectivity index (χ0n) is 11.5. The Kier molecular flexibility index (Phi) is 4.85. The average Bonchev–Trinajstić information content (AvgIpc) is 2.47. The maximum atomic E-state index is 5.88. The van der Waals surface area contributed by atoms with Crippen LogP contribution in [0, 0.1) is 5.92 Å². The third kappa shape index (κ3) is 4.32. The summed E-state index contributed by atoms with van der Waals surface area (Å²) in [4.78, 5) is 0. The highest BCUT2D eigenvalue weighted by molar-refractivity contribution is 5.22. The van der Waals surface area contributed by atoms with Gasteiger partial charge >= 0.3 is 0 Å². The molecule has 0 unspecified atom stereocenters. The quantitative estimate of drug-likeness (QED) is 0.772. The van der Waals surface area contributed by atoms with Gasteiger partial charge in [0.05, 0.1) is 6.61 Å². The number of para-hydroxylation sites is 2. The summed E-state index contributed by atoms with van der Waals surface area (Å²) in [5.74, 6) is 2.13. The van der Waals surface area contributed by atoms with Crippen molar-refractivity contribution in [2.45, 2.75) is 20.0 Å². The summed E-state index contributed by atoms with van der Waals surface area (Å²) in [5.41, 5.74) is 0. The predicted molar refractivity (Wildman–Crippen MR) is 77.6 cm³/mol. The molecule has 0 spiro atoms. The van der Waals surface area contributed by atoms with Crippen LogP contribution < -0.4 is 9.47 Å². The summed E-state index contributed by atoms with van der Waals surface area (Å²) in [7, 11) is 0. The molecule has 100 valence electrons. The first kappa shape index (κ1) is 13.5. The van der Waals surface area contributed by atoms with Gasteiger partial charge in [-0.15, -0.1) is 0 Å².